The molecule has 0 aliphatic rings. The molecule has 0 aromatic heterocycles. The van der Waals surface area contributed by atoms with Crippen LogP contribution in [0.1, 0.15) is 19.4 Å². The van der Waals surface area contributed by atoms with Crippen LogP contribution in [0.3, 0.4) is 0 Å². The third-order valence-corrected chi connectivity index (χ3v) is 2.36. The largest absolute Gasteiger partial charge is 0.446 e. The molecule has 0 aliphatic heterocycles. The molecule has 17 heavy (non-hydrogen) atoms. The van der Waals surface area contributed by atoms with Crippen LogP contribution in [0.2, 0.25) is 0 Å². The van der Waals surface area contributed by atoms with Gasteiger partial charge in [0.25, 0.3) is 0 Å². The summed E-state index contributed by atoms with van der Waals surface area (Å²) in [5.41, 5.74) is 6.96. The number of amides is 1. The van der Waals surface area contributed by atoms with Crippen LogP contribution in [0.5, 0.6) is 0 Å². The SMILES string of the molecule is CC(C)OC(=O)N(C)c1cccc(C(N)=S)c1. The summed E-state index contributed by atoms with van der Waals surface area (Å²) in [6.07, 6.45) is -0.552. The molecule has 92 valence electrons. The lowest BCUT2D eigenvalue weighted by molar-refractivity contribution is 0.124. The Balaban J connectivity index is 2.88. The molecule has 1 amide bonds. The lowest BCUT2D eigenvalue weighted by Crippen LogP contribution is -2.29. The summed E-state index contributed by atoms with van der Waals surface area (Å²) in [7, 11) is 1.64. The maximum absolute atomic E-state index is 11.7. The number of hydrogen-bond donors (Lipinski definition) is 1. The van der Waals surface area contributed by atoms with Gasteiger partial charge in [0.05, 0.1) is 6.10 Å². The molecule has 0 fully saturated rings. The van der Waals surface area contributed by atoms with Crippen molar-refractivity contribution in [2.75, 3.05) is 11.9 Å². The average molecular weight is 252 g/mol. The summed E-state index contributed by atoms with van der Waals surface area (Å²) in [5.74, 6) is 0. The quantitative estimate of drug-likeness (QED) is 0.839. The zero-order valence-corrected chi connectivity index (χ0v) is 11.0. The van der Waals surface area contributed by atoms with Crippen molar-refractivity contribution in [3.8, 4) is 0 Å². The van der Waals surface area contributed by atoms with Crippen LogP contribution in [0.4, 0.5) is 10.5 Å². The zero-order chi connectivity index (χ0) is 13.0. The Morgan fingerprint density at radius 2 is 2.12 bits per heavy atom. The van der Waals surface area contributed by atoms with Crippen molar-refractivity contribution >= 4 is 29.0 Å². The van der Waals surface area contributed by atoms with Crippen LogP contribution in [-0.4, -0.2) is 24.2 Å². The number of carbonyl (C=O) groups is 1. The van der Waals surface area contributed by atoms with Gasteiger partial charge in [-0.15, -0.1) is 0 Å². The van der Waals surface area contributed by atoms with Crippen LogP contribution in [-0.2, 0) is 4.74 Å². The van der Waals surface area contributed by atoms with E-state index in [2.05, 4.69) is 0 Å². The highest BCUT2D eigenvalue weighted by Crippen LogP contribution is 2.16. The molecule has 0 aliphatic carbocycles. The van der Waals surface area contributed by atoms with E-state index in [1.165, 1.54) is 4.90 Å². The molecular weight excluding hydrogens is 236 g/mol. The van der Waals surface area contributed by atoms with Gasteiger partial charge >= 0.3 is 6.09 Å². The van der Waals surface area contributed by atoms with Gasteiger partial charge in [-0.2, -0.15) is 0 Å². The van der Waals surface area contributed by atoms with Crippen LogP contribution in [0.25, 0.3) is 0 Å². The predicted molar refractivity (Wildman–Crippen MR) is 72.3 cm³/mol. The number of nitrogens with two attached hydrogens (primary N) is 1. The Hall–Kier alpha value is -1.62. The van der Waals surface area contributed by atoms with E-state index in [1.54, 1.807) is 45.2 Å². The van der Waals surface area contributed by atoms with Crippen LogP contribution >= 0.6 is 12.2 Å². The van der Waals surface area contributed by atoms with Gasteiger partial charge in [-0.1, -0.05) is 24.4 Å². The second-order valence-corrected chi connectivity index (χ2v) is 4.35. The van der Waals surface area contributed by atoms with Crippen LogP contribution in [0, 0.1) is 0 Å². The van der Waals surface area contributed by atoms with Gasteiger partial charge in [-0.25, -0.2) is 4.79 Å². The summed E-state index contributed by atoms with van der Waals surface area (Å²) in [6.45, 7) is 3.61. The van der Waals surface area contributed by atoms with Gasteiger partial charge < -0.3 is 10.5 Å². The third-order valence-electron chi connectivity index (χ3n) is 2.13. The standard InChI is InChI=1S/C12H16N2O2S/c1-8(2)16-12(15)14(3)10-6-4-5-9(7-10)11(13)17/h4-8H,1-3H3,(H2,13,17). The fraction of sp³-hybridized carbons (Fsp3) is 0.333. The Bertz CT molecular complexity index is 432. The van der Waals surface area contributed by atoms with E-state index in [-0.39, 0.29) is 6.10 Å². The fourth-order valence-corrected chi connectivity index (χ4v) is 1.38. The maximum Gasteiger partial charge on any atom is 0.414 e. The fourth-order valence-electron chi connectivity index (χ4n) is 1.25. The van der Waals surface area contributed by atoms with Crippen molar-refractivity contribution in [2.45, 2.75) is 20.0 Å². The molecule has 0 bridgehead atoms. The Labute approximate surface area is 106 Å². The van der Waals surface area contributed by atoms with E-state index in [0.29, 0.717) is 10.7 Å². The lowest BCUT2D eigenvalue weighted by Gasteiger charge is -2.19. The van der Waals surface area contributed by atoms with E-state index in [0.717, 1.165) is 5.56 Å². The summed E-state index contributed by atoms with van der Waals surface area (Å²) in [6, 6.07) is 7.14. The second kappa shape index (κ2) is 5.63. The number of ether oxygens (including phenoxy) is 1. The Kier molecular flexibility index (Phi) is 4.45. The molecule has 1 rings (SSSR count). The van der Waals surface area contributed by atoms with Crippen molar-refractivity contribution in [3.63, 3.8) is 0 Å². The van der Waals surface area contributed by atoms with Crippen LogP contribution < -0.4 is 10.6 Å². The monoisotopic (exact) mass is 252 g/mol. The molecule has 0 spiro atoms. The number of thiocarbonyl (C=S) groups is 1. The first-order valence-electron chi connectivity index (χ1n) is 5.26. The Morgan fingerprint density at radius 3 is 2.65 bits per heavy atom. The molecule has 5 heteroatoms. The topological polar surface area (TPSA) is 55.6 Å². The minimum Gasteiger partial charge on any atom is -0.446 e. The Morgan fingerprint density at radius 1 is 1.47 bits per heavy atom. The summed E-state index contributed by atoms with van der Waals surface area (Å²) < 4.78 is 5.09. The normalized spacial score (nSPS) is 10.1. The van der Waals surface area contributed by atoms with Gasteiger partial charge in [0.2, 0.25) is 0 Å². The summed E-state index contributed by atoms with van der Waals surface area (Å²) >= 11 is 4.89. The van der Waals surface area contributed by atoms with Crippen molar-refractivity contribution < 1.29 is 9.53 Å². The summed E-state index contributed by atoms with van der Waals surface area (Å²) in [5, 5.41) is 0. The molecule has 0 radical (unpaired) electrons. The van der Waals surface area contributed by atoms with Gasteiger partial charge in [0.1, 0.15) is 4.99 Å². The van der Waals surface area contributed by atoms with Crippen molar-refractivity contribution in [3.05, 3.63) is 29.8 Å². The molecule has 1 aromatic rings. The highest BCUT2D eigenvalue weighted by molar-refractivity contribution is 7.80. The van der Waals surface area contributed by atoms with E-state index in [9.17, 15) is 4.79 Å². The number of carbonyl (C=O) groups excluding carboxylic acids is 1. The smallest absolute Gasteiger partial charge is 0.414 e. The van der Waals surface area contributed by atoms with Gasteiger partial charge in [0.15, 0.2) is 0 Å². The highest BCUT2D eigenvalue weighted by atomic mass is 32.1. The molecule has 0 heterocycles. The number of hydrogen-bond acceptors (Lipinski definition) is 3. The maximum atomic E-state index is 11.7. The van der Waals surface area contributed by atoms with Crippen molar-refractivity contribution in [2.24, 2.45) is 5.73 Å². The number of rotatable bonds is 3. The van der Waals surface area contributed by atoms with E-state index in [4.69, 9.17) is 22.7 Å². The first kappa shape index (κ1) is 13.4. The number of benzene rings is 1. The average Bonchev–Trinajstić information content (AvgIpc) is 2.27. The molecule has 0 atom stereocenters. The number of nitrogens with zero attached hydrogens (tertiary/aromatic N) is 1. The predicted octanol–water partition coefficient (Wildman–Crippen LogP) is 2.30. The van der Waals surface area contributed by atoms with Gasteiger partial charge in [-0.3, -0.25) is 4.90 Å². The molecule has 4 nitrogen and oxygen atoms in total. The van der Waals surface area contributed by atoms with Crippen molar-refractivity contribution in [1.82, 2.24) is 0 Å². The minimum atomic E-state index is -0.403. The van der Waals surface area contributed by atoms with E-state index in [1.807, 2.05) is 0 Å². The minimum absolute atomic E-state index is 0.149. The molecule has 2 N–H and O–H groups in total. The van der Waals surface area contributed by atoms with Crippen molar-refractivity contribution in [1.29, 1.82) is 0 Å². The molecule has 0 saturated heterocycles. The highest BCUT2D eigenvalue weighted by Gasteiger charge is 2.14. The van der Waals surface area contributed by atoms with E-state index < -0.39 is 6.09 Å². The zero-order valence-electron chi connectivity index (χ0n) is 10.1. The second-order valence-electron chi connectivity index (χ2n) is 3.91. The summed E-state index contributed by atoms with van der Waals surface area (Å²) in [4.78, 5) is 13.4. The molecule has 0 saturated carbocycles. The molecular formula is C12H16N2O2S. The third kappa shape index (κ3) is 3.71. The molecule has 1 aromatic carbocycles. The van der Waals surface area contributed by atoms with Crippen LogP contribution in [0.15, 0.2) is 24.3 Å². The van der Waals surface area contributed by atoms with Gasteiger partial charge in [-0.05, 0) is 26.0 Å². The first-order chi connectivity index (χ1) is 7.91. The van der Waals surface area contributed by atoms with Gasteiger partial charge in [0, 0.05) is 18.3 Å². The van der Waals surface area contributed by atoms with E-state index >= 15 is 0 Å². The first-order valence-corrected chi connectivity index (χ1v) is 5.67. The number of anilines is 1. The molecule has 0 unspecified atom stereocenters. The lowest BCUT2D eigenvalue weighted by atomic mass is 10.2.